The average Bonchev–Trinajstić information content (AvgIpc) is 2.61. The quantitative estimate of drug-likeness (QED) is 0.841. The third-order valence-corrected chi connectivity index (χ3v) is 5.01. The molecule has 2 aliphatic rings. The zero-order valence-electron chi connectivity index (χ0n) is 15.9. The Morgan fingerprint density at radius 2 is 1.92 bits per heavy atom. The van der Waals surface area contributed by atoms with Crippen LogP contribution in [0.1, 0.15) is 44.6 Å². The van der Waals surface area contributed by atoms with Crippen molar-refractivity contribution >= 4 is 17.4 Å². The molecular formula is C21H26N2O3. The Kier molecular flexibility index (Phi) is 5.16. The zero-order valence-corrected chi connectivity index (χ0v) is 15.9. The van der Waals surface area contributed by atoms with Crippen molar-refractivity contribution in [2.45, 2.75) is 39.0 Å². The second-order valence-electron chi connectivity index (χ2n) is 6.97. The third kappa shape index (κ3) is 3.26. The molecule has 0 spiro atoms. The Labute approximate surface area is 154 Å². The van der Waals surface area contributed by atoms with Gasteiger partial charge in [0.25, 0.3) is 0 Å². The number of allylic oxidation sites excluding steroid dienone is 3. The maximum absolute atomic E-state index is 12.7. The number of esters is 1. The number of hydrogen-bond acceptors (Lipinski definition) is 5. The van der Waals surface area contributed by atoms with Gasteiger partial charge in [-0.25, -0.2) is 4.79 Å². The van der Waals surface area contributed by atoms with Crippen LogP contribution in [0.3, 0.4) is 0 Å². The molecule has 1 aromatic rings. The second-order valence-corrected chi connectivity index (χ2v) is 6.97. The molecule has 0 aromatic heterocycles. The first-order valence-corrected chi connectivity index (χ1v) is 9.12. The lowest BCUT2D eigenvalue weighted by Gasteiger charge is -2.34. The molecule has 5 nitrogen and oxygen atoms in total. The molecule has 0 saturated carbocycles. The SMILES string of the molecule is CCOC(=O)C1=C(C)NC2=C(C(=O)CCC2)C1c1ccc(N(C)C)cc1. The summed E-state index contributed by atoms with van der Waals surface area (Å²) in [4.78, 5) is 27.4. The number of hydrogen-bond donors (Lipinski definition) is 1. The maximum Gasteiger partial charge on any atom is 0.336 e. The Bertz CT molecular complexity index is 788. The highest BCUT2D eigenvalue weighted by atomic mass is 16.5. The van der Waals surface area contributed by atoms with E-state index in [1.165, 1.54) is 0 Å². The first-order valence-electron chi connectivity index (χ1n) is 9.12. The summed E-state index contributed by atoms with van der Waals surface area (Å²) in [5.41, 5.74) is 5.01. The van der Waals surface area contributed by atoms with Crippen LogP contribution in [-0.4, -0.2) is 32.5 Å². The van der Waals surface area contributed by atoms with Crippen molar-refractivity contribution in [2.24, 2.45) is 0 Å². The molecule has 1 aliphatic heterocycles. The van der Waals surface area contributed by atoms with Gasteiger partial charge in [0.2, 0.25) is 0 Å². The number of nitrogens with one attached hydrogen (secondary N) is 1. The molecule has 0 amide bonds. The summed E-state index contributed by atoms with van der Waals surface area (Å²) in [6, 6.07) is 8.04. The average molecular weight is 354 g/mol. The van der Waals surface area contributed by atoms with Gasteiger partial charge in [-0.3, -0.25) is 4.79 Å². The lowest BCUT2D eigenvalue weighted by molar-refractivity contribution is -0.138. The van der Waals surface area contributed by atoms with Gasteiger partial charge in [0, 0.05) is 49.1 Å². The van der Waals surface area contributed by atoms with E-state index in [1.54, 1.807) is 6.92 Å². The Balaban J connectivity index is 2.12. The lowest BCUT2D eigenvalue weighted by atomic mass is 9.75. The van der Waals surface area contributed by atoms with Crippen LogP contribution in [0.4, 0.5) is 5.69 Å². The highest BCUT2D eigenvalue weighted by Crippen LogP contribution is 2.42. The van der Waals surface area contributed by atoms with Crippen LogP contribution in [0, 0.1) is 0 Å². The molecule has 0 saturated heterocycles. The third-order valence-electron chi connectivity index (χ3n) is 5.01. The van der Waals surface area contributed by atoms with E-state index in [9.17, 15) is 9.59 Å². The number of carbonyl (C=O) groups is 2. The van der Waals surface area contributed by atoms with E-state index >= 15 is 0 Å². The predicted octanol–water partition coefficient (Wildman–Crippen LogP) is 3.28. The van der Waals surface area contributed by atoms with Crippen molar-refractivity contribution in [1.29, 1.82) is 0 Å². The van der Waals surface area contributed by atoms with Gasteiger partial charge in [-0.2, -0.15) is 0 Å². The molecule has 1 unspecified atom stereocenters. The molecular weight excluding hydrogens is 328 g/mol. The summed E-state index contributed by atoms with van der Waals surface area (Å²) in [5.74, 6) is -0.604. The number of rotatable bonds is 4. The van der Waals surface area contributed by atoms with Crippen LogP contribution in [0.2, 0.25) is 0 Å². The van der Waals surface area contributed by atoms with E-state index in [4.69, 9.17) is 4.74 Å². The Hall–Kier alpha value is -2.56. The smallest absolute Gasteiger partial charge is 0.336 e. The largest absolute Gasteiger partial charge is 0.463 e. The summed E-state index contributed by atoms with van der Waals surface area (Å²) in [6.07, 6.45) is 2.21. The molecule has 1 N–H and O–H groups in total. The normalized spacial score (nSPS) is 19.8. The number of dihydropyridines is 1. The van der Waals surface area contributed by atoms with E-state index in [2.05, 4.69) is 5.32 Å². The van der Waals surface area contributed by atoms with E-state index in [0.29, 0.717) is 18.6 Å². The summed E-state index contributed by atoms with van der Waals surface area (Å²) in [5, 5.41) is 3.30. The first-order chi connectivity index (χ1) is 12.4. The van der Waals surface area contributed by atoms with Gasteiger partial charge in [-0.05, 0) is 44.4 Å². The number of nitrogens with zero attached hydrogens (tertiary/aromatic N) is 1. The van der Waals surface area contributed by atoms with Crippen molar-refractivity contribution in [1.82, 2.24) is 5.32 Å². The number of Topliss-reactive ketones (excluding diaryl/α,β-unsaturated/α-hetero) is 1. The van der Waals surface area contributed by atoms with E-state index in [0.717, 1.165) is 41.1 Å². The van der Waals surface area contributed by atoms with Crippen molar-refractivity contribution < 1.29 is 14.3 Å². The van der Waals surface area contributed by atoms with Crippen LogP contribution in [0.25, 0.3) is 0 Å². The summed E-state index contributed by atoms with van der Waals surface area (Å²) >= 11 is 0. The first kappa shape index (κ1) is 18.2. The highest BCUT2D eigenvalue weighted by Gasteiger charge is 2.38. The van der Waals surface area contributed by atoms with Gasteiger partial charge in [-0.1, -0.05) is 12.1 Å². The zero-order chi connectivity index (χ0) is 18.8. The van der Waals surface area contributed by atoms with Gasteiger partial charge in [0.1, 0.15) is 0 Å². The van der Waals surface area contributed by atoms with Crippen LogP contribution >= 0.6 is 0 Å². The van der Waals surface area contributed by atoms with Crippen LogP contribution < -0.4 is 10.2 Å². The number of ether oxygens (including phenoxy) is 1. The van der Waals surface area contributed by atoms with Crippen molar-refractivity contribution in [3.05, 3.63) is 52.4 Å². The topological polar surface area (TPSA) is 58.6 Å². The molecule has 26 heavy (non-hydrogen) atoms. The lowest BCUT2D eigenvalue weighted by Crippen LogP contribution is -2.34. The molecule has 1 aliphatic carbocycles. The van der Waals surface area contributed by atoms with E-state index in [-0.39, 0.29) is 17.7 Å². The van der Waals surface area contributed by atoms with Crippen LogP contribution in [0.15, 0.2) is 46.8 Å². The van der Waals surface area contributed by atoms with Gasteiger partial charge in [-0.15, -0.1) is 0 Å². The predicted molar refractivity (Wildman–Crippen MR) is 102 cm³/mol. The molecule has 0 bridgehead atoms. The fraction of sp³-hybridized carbons (Fsp3) is 0.429. The van der Waals surface area contributed by atoms with Crippen LogP contribution in [0.5, 0.6) is 0 Å². The van der Waals surface area contributed by atoms with Gasteiger partial charge in [0.15, 0.2) is 5.78 Å². The molecule has 3 rings (SSSR count). The number of carbonyl (C=O) groups excluding carboxylic acids is 2. The molecule has 1 aromatic carbocycles. The molecule has 0 radical (unpaired) electrons. The Morgan fingerprint density at radius 3 is 2.54 bits per heavy atom. The summed E-state index contributed by atoms with van der Waals surface area (Å²) in [7, 11) is 3.97. The van der Waals surface area contributed by atoms with Gasteiger partial charge in [0.05, 0.1) is 12.2 Å². The fourth-order valence-corrected chi connectivity index (χ4v) is 3.76. The van der Waals surface area contributed by atoms with E-state index < -0.39 is 0 Å². The van der Waals surface area contributed by atoms with Crippen molar-refractivity contribution in [3.63, 3.8) is 0 Å². The minimum absolute atomic E-state index is 0.120. The monoisotopic (exact) mass is 354 g/mol. The minimum atomic E-state index is -0.366. The molecule has 5 heteroatoms. The van der Waals surface area contributed by atoms with Crippen molar-refractivity contribution in [2.75, 3.05) is 25.6 Å². The van der Waals surface area contributed by atoms with Crippen LogP contribution in [-0.2, 0) is 14.3 Å². The number of ketones is 1. The van der Waals surface area contributed by atoms with Gasteiger partial charge >= 0.3 is 5.97 Å². The highest BCUT2D eigenvalue weighted by molar-refractivity contribution is 6.03. The van der Waals surface area contributed by atoms with E-state index in [1.807, 2.05) is 50.2 Å². The Morgan fingerprint density at radius 1 is 1.23 bits per heavy atom. The maximum atomic E-state index is 12.7. The number of anilines is 1. The molecule has 138 valence electrons. The minimum Gasteiger partial charge on any atom is -0.463 e. The molecule has 0 fully saturated rings. The van der Waals surface area contributed by atoms with Gasteiger partial charge < -0.3 is 15.0 Å². The standard InChI is InChI=1S/C21H26N2O3/c1-5-26-21(25)18-13(2)22-16-7-6-8-17(24)20(16)19(18)14-9-11-15(12-10-14)23(3)4/h9-12,19,22H,5-8H2,1-4H3. The summed E-state index contributed by atoms with van der Waals surface area (Å²) in [6.45, 7) is 3.99. The number of benzene rings is 1. The molecule has 1 atom stereocenters. The fourth-order valence-electron chi connectivity index (χ4n) is 3.76. The second kappa shape index (κ2) is 7.36. The summed E-state index contributed by atoms with van der Waals surface area (Å²) < 4.78 is 5.30. The van der Waals surface area contributed by atoms with Crippen molar-refractivity contribution in [3.8, 4) is 0 Å². The molecule has 1 heterocycles.